The van der Waals surface area contributed by atoms with Gasteiger partial charge in [-0.1, -0.05) is 13.3 Å². The van der Waals surface area contributed by atoms with Crippen molar-refractivity contribution in [3.8, 4) is 0 Å². The lowest BCUT2D eigenvalue weighted by Gasteiger charge is -2.19. The first-order chi connectivity index (χ1) is 5.45. The van der Waals surface area contributed by atoms with E-state index in [9.17, 15) is 4.79 Å². The van der Waals surface area contributed by atoms with Gasteiger partial charge >= 0.3 is 6.09 Å². The summed E-state index contributed by atoms with van der Waals surface area (Å²) in [4.78, 5) is 11.0. The smallest absolute Gasteiger partial charge is 0.407 e. The van der Waals surface area contributed by atoms with E-state index in [1.807, 2.05) is 34.1 Å². The van der Waals surface area contributed by atoms with Gasteiger partial charge in [0, 0.05) is 6.54 Å². The summed E-state index contributed by atoms with van der Waals surface area (Å²) in [6.07, 6.45) is 2.58. The van der Waals surface area contributed by atoms with Crippen LogP contribution in [0.15, 0.2) is 0 Å². The van der Waals surface area contributed by atoms with E-state index >= 15 is 0 Å². The zero-order valence-corrected chi connectivity index (χ0v) is 8.31. The van der Waals surface area contributed by atoms with Crippen LogP contribution in [-0.2, 0) is 4.74 Å². The average molecular weight is 172 g/mol. The molecule has 0 spiro atoms. The maximum Gasteiger partial charge on any atom is 0.407 e. The quantitative estimate of drug-likeness (QED) is 0.662. The number of hydrogen-bond donors (Lipinski definition) is 1. The van der Waals surface area contributed by atoms with Crippen LogP contribution in [0.4, 0.5) is 4.79 Å². The Balaban J connectivity index is 3.47. The van der Waals surface area contributed by atoms with Gasteiger partial charge < -0.3 is 10.1 Å². The topological polar surface area (TPSA) is 38.3 Å². The Morgan fingerprint density at radius 2 is 2.08 bits per heavy atom. The molecule has 1 N–H and O–H groups in total. The summed E-state index contributed by atoms with van der Waals surface area (Å²) < 4.78 is 5.01. The summed E-state index contributed by atoms with van der Waals surface area (Å²) in [5.41, 5.74) is -0.406. The molecule has 0 saturated heterocycles. The third-order valence-corrected chi connectivity index (χ3v) is 1.08. The summed E-state index contributed by atoms with van der Waals surface area (Å²) in [5.74, 6) is 0. The summed E-state index contributed by atoms with van der Waals surface area (Å²) in [5, 5.41) is 2.62. The second kappa shape index (κ2) is 5.01. The van der Waals surface area contributed by atoms with Gasteiger partial charge in [-0.05, 0) is 27.2 Å². The van der Waals surface area contributed by atoms with Crippen molar-refractivity contribution in [3.05, 3.63) is 6.42 Å². The van der Waals surface area contributed by atoms with Gasteiger partial charge in [0.25, 0.3) is 0 Å². The standard InChI is InChI=1S/C9H18NO2/c1-5-6-7-10-8(11)12-9(2,3)4/h6H,5,7H2,1-4H3,(H,10,11). The molecule has 0 heterocycles. The van der Waals surface area contributed by atoms with Crippen LogP contribution in [0.2, 0.25) is 0 Å². The Bertz CT molecular complexity index is 138. The molecule has 0 aromatic heterocycles. The second-order valence-electron chi connectivity index (χ2n) is 3.58. The minimum Gasteiger partial charge on any atom is -0.444 e. The van der Waals surface area contributed by atoms with Crippen molar-refractivity contribution in [1.29, 1.82) is 0 Å². The van der Waals surface area contributed by atoms with Crippen LogP contribution in [0.5, 0.6) is 0 Å². The van der Waals surface area contributed by atoms with Crippen molar-refractivity contribution in [2.24, 2.45) is 0 Å². The molecule has 0 aliphatic rings. The molecule has 0 bridgehead atoms. The minimum absolute atomic E-state index is 0.354. The van der Waals surface area contributed by atoms with Gasteiger partial charge in [-0.25, -0.2) is 4.79 Å². The van der Waals surface area contributed by atoms with Gasteiger partial charge in [-0.2, -0.15) is 0 Å². The molecular weight excluding hydrogens is 154 g/mol. The molecule has 1 radical (unpaired) electrons. The molecule has 3 heteroatoms. The highest BCUT2D eigenvalue weighted by Crippen LogP contribution is 2.06. The largest absolute Gasteiger partial charge is 0.444 e. The first kappa shape index (κ1) is 11.3. The Kier molecular flexibility index (Phi) is 4.71. The van der Waals surface area contributed by atoms with Crippen molar-refractivity contribution in [2.45, 2.75) is 39.7 Å². The molecule has 0 atom stereocenters. The molecule has 0 aliphatic heterocycles. The summed E-state index contributed by atoms with van der Waals surface area (Å²) in [6.45, 7) is 8.13. The molecule has 0 aliphatic carbocycles. The lowest BCUT2D eigenvalue weighted by Crippen LogP contribution is -2.33. The zero-order chi connectivity index (χ0) is 9.61. The fourth-order valence-corrected chi connectivity index (χ4v) is 0.614. The summed E-state index contributed by atoms with van der Waals surface area (Å²) in [6, 6.07) is 0. The van der Waals surface area contributed by atoms with Crippen molar-refractivity contribution in [1.82, 2.24) is 5.32 Å². The lowest BCUT2D eigenvalue weighted by molar-refractivity contribution is 0.0532. The molecule has 0 unspecified atom stereocenters. The van der Waals surface area contributed by atoms with E-state index in [-0.39, 0.29) is 6.09 Å². The van der Waals surface area contributed by atoms with Gasteiger partial charge in [0.2, 0.25) is 0 Å². The number of carbonyl (C=O) groups is 1. The maximum absolute atomic E-state index is 11.0. The van der Waals surface area contributed by atoms with Crippen molar-refractivity contribution >= 4 is 6.09 Å². The zero-order valence-electron chi connectivity index (χ0n) is 8.31. The van der Waals surface area contributed by atoms with Crippen LogP contribution in [-0.4, -0.2) is 18.2 Å². The number of alkyl carbamates (subject to hydrolysis) is 1. The number of ether oxygens (including phenoxy) is 1. The molecule has 12 heavy (non-hydrogen) atoms. The van der Waals surface area contributed by atoms with Crippen molar-refractivity contribution < 1.29 is 9.53 Å². The van der Waals surface area contributed by atoms with E-state index in [1.54, 1.807) is 0 Å². The Hall–Kier alpha value is -0.730. The Morgan fingerprint density at radius 3 is 2.50 bits per heavy atom. The summed E-state index contributed by atoms with van der Waals surface area (Å²) in [7, 11) is 0. The number of carbonyl (C=O) groups excluding carboxylic acids is 1. The van der Waals surface area contributed by atoms with E-state index in [4.69, 9.17) is 4.74 Å². The molecule has 0 aromatic rings. The Morgan fingerprint density at radius 1 is 1.50 bits per heavy atom. The molecule has 0 aromatic carbocycles. The molecular formula is C9H18NO2. The van der Waals surface area contributed by atoms with Crippen molar-refractivity contribution in [2.75, 3.05) is 6.54 Å². The molecule has 0 fully saturated rings. The molecule has 0 rings (SSSR count). The van der Waals surface area contributed by atoms with E-state index in [0.717, 1.165) is 6.42 Å². The Labute approximate surface area is 74.5 Å². The number of rotatable bonds is 3. The molecule has 3 nitrogen and oxygen atoms in total. The van der Waals surface area contributed by atoms with Gasteiger partial charge in [-0.15, -0.1) is 0 Å². The highest BCUT2D eigenvalue weighted by atomic mass is 16.6. The SMILES string of the molecule is CC[CH]CNC(=O)OC(C)(C)C. The van der Waals surface area contributed by atoms with Gasteiger partial charge in [-0.3, -0.25) is 0 Å². The number of nitrogens with one attached hydrogen (secondary N) is 1. The fourth-order valence-electron chi connectivity index (χ4n) is 0.614. The van der Waals surface area contributed by atoms with E-state index in [1.165, 1.54) is 0 Å². The van der Waals surface area contributed by atoms with Crippen LogP contribution in [0, 0.1) is 6.42 Å². The fraction of sp³-hybridized carbons (Fsp3) is 0.778. The van der Waals surface area contributed by atoms with Crippen LogP contribution in [0.1, 0.15) is 34.1 Å². The van der Waals surface area contributed by atoms with Gasteiger partial charge in [0.15, 0.2) is 0 Å². The van der Waals surface area contributed by atoms with E-state index in [2.05, 4.69) is 5.32 Å². The highest BCUT2D eigenvalue weighted by molar-refractivity contribution is 5.67. The summed E-state index contributed by atoms with van der Waals surface area (Å²) >= 11 is 0. The third-order valence-electron chi connectivity index (χ3n) is 1.08. The lowest BCUT2D eigenvalue weighted by atomic mass is 10.2. The minimum atomic E-state index is -0.406. The predicted molar refractivity (Wildman–Crippen MR) is 48.8 cm³/mol. The molecule has 0 saturated carbocycles. The maximum atomic E-state index is 11.0. The van der Waals surface area contributed by atoms with Crippen LogP contribution in [0.3, 0.4) is 0 Å². The van der Waals surface area contributed by atoms with E-state index in [0.29, 0.717) is 6.54 Å². The number of hydrogen-bond acceptors (Lipinski definition) is 2. The second-order valence-corrected chi connectivity index (χ2v) is 3.58. The highest BCUT2D eigenvalue weighted by Gasteiger charge is 2.14. The van der Waals surface area contributed by atoms with Crippen LogP contribution >= 0.6 is 0 Å². The first-order valence-corrected chi connectivity index (χ1v) is 4.24. The number of unbranched alkanes of at least 4 members (excludes halogenated alkanes) is 1. The van der Waals surface area contributed by atoms with E-state index < -0.39 is 5.60 Å². The third kappa shape index (κ3) is 7.38. The number of amides is 1. The first-order valence-electron chi connectivity index (χ1n) is 4.24. The normalized spacial score (nSPS) is 11.0. The molecule has 1 amide bonds. The predicted octanol–water partition coefficient (Wildman–Crippen LogP) is 2.13. The van der Waals surface area contributed by atoms with Crippen LogP contribution in [0.25, 0.3) is 0 Å². The van der Waals surface area contributed by atoms with Gasteiger partial charge in [0.1, 0.15) is 5.60 Å². The average Bonchev–Trinajstić information content (AvgIpc) is 1.84. The van der Waals surface area contributed by atoms with Crippen molar-refractivity contribution in [3.63, 3.8) is 0 Å². The van der Waals surface area contributed by atoms with Gasteiger partial charge in [0.05, 0.1) is 0 Å². The van der Waals surface area contributed by atoms with Crippen LogP contribution < -0.4 is 5.32 Å². The monoisotopic (exact) mass is 172 g/mol. The molecule has 71 valence electrons.